The van der Waals surface area contributed by atoms with E-state index in [1.807, 2.05) is 55.4 Å². The van der Waals surface area contributed by atoms with E-state index in [0.29, 0.717) is 18.8 Å². The first-order valence-corrected chi connectivity index (χ1v) is 15.0. The van der Waals surface area contributed by atoms with Crippen LogP contribution in [0.5, 0.6) is 0 Å². The molecule has 0 saturated carbocycles. The van der Waals surface area contributed by atoms with Gasteiger partial charge in [-0.2, -0.15) is 0 Å². The van der Waals surface area contributed by atoms with E-state index in [9.17, 15) is 19.2 Å². The van der Waals surface area contributed by atoms with Gasteiger partial charge in [-0.1, -0.05) is 67.5 Å². The van der Waals surface area contributed by atoms with Crippen molar-refractivity contribution in [3.63, 3.8) is 0 Å². The van der Waals surface area contributed by atoms with E-state index in [0.717, 1.165) is 18.4 Å². The van der Waals surface area contributed by atoms with E-state index in [2.05, 4.69) is 16.0 Å². The van der Waals surface area contributed by atoms with Gasteiger partial charge in [0, 0.05) is 38.8 Å². The molecule has 1 aliphatic rings. The number of likely N-dealkylation sites (tertiary alicyclic amines) is 1. The minimum Gasteiger partial charge on any atom is -0.445 e. The number of hydrogen-bond donors (Lipinski definition) is 3. The van der Waals surface area contributed by atoms with Crippen molar-refractivity contribution < 1.29 is 23.9 Å². The zero-order valence-corrected chi connectivity index (χ0v) is 27.2. The lowest BCUT2D eigenvalue weighted by Crippen LogP contribution is -2.53. The summed E-state index contributed by atoms with van der Waals surface area (Å²) in [6.45, 7) is 20.2. The van der Waals surface area contributed by atoms with Crippen molar-refractivity contribution in [2.24, 2.45) is 5.92 Å². The lowest BCUT2D eigenvalue weighted by atomic mass is 10.0. The second kappa shape index (κ2) is 19.9. The minimum absolute atomic E-state index is 0.0351. The number of likely N-dealkylation sites (N-methyl/N-ethyl adjacent to an activating group) is 1. The van der Waals surface area contributed by atoms with Crippen molar-refractivity contribution in [3.8, 4) is 0 Å². The summed E-state index contributed by atoms with van der Waals surface area (Å²) >= 11 is 0. The summed E-state index contributed by atoms with van der Waals surface area (Å²) in [6.07, 6.45) is 1.32. The number of nitrogens with zero attached hydrogens (tertiary/aromatic N) is 2. The number of carbonyl (C=O) groups is 4. The van der Waals surface area contributed by atoms with E-state index in [1.165, 1.54) is 6.92 Å². The Morgan fingerprint density at radius 2 is 1.56 bits per heavy atom. The van der Waals surface area contributed by atoms with Crippen LogP contribution >= 0.6 is 0 Å². The molecule has 2 rings (SSSR count). The Labute approximate surface area is 247 Å². The first-order valence-electron chi connectivity index (χ1n) is 15.0. The van der Waals surface area contributed by atoms with Crippen molar-refractivity contribution in [1.82, 2.24) is 20.4 Å². The summed E-state index contributed by atoms with van der Waals surface area (Å²) in [7, 11) is 1.73. The molecule has 0 bridgehead atoms. The van der Waals surface area contributed by atoms with E-state index in [-0.39, 0.29) is 48.4 Å². The van der Waals surface area contributed by atoms with Crippen LogP contribution < -0.4 is 16.0 Å². The summed E-state index contributed by atoms with van der Waals surface area (Å²) in [4.78, 5) is 52.7. The van der Waals surface area contributed by atoms with Gasteiger partial charge >= 0.3 is 6.09 Å². The summed E-state index contributed by atoms with van der Waals surface area (Å²) < 4.78 is 5.50. The quantitative estimate of drug-likeness (QED) is 0.348. The van der Waals surface area contributed by atoms with Gasteiger partial charge in [-0.05, 0) is 43.4 Å². The van der Waals surface area contributed by atoms with Gasteiger partial charge in [0.2, 0.25) is 17.7 Å². The molecule has 1 unspecified atom stereocenters. The van der Waals surface area contributed by atoms with Gasteiger partial charge in [-0.3, -0.25) is 14.4 Å². The summed E-state index contributed by atoms with van der Waals surface area (Å²) in [5.41, 5.74) is 1.36. The number of nitrogens with one attached hydrogen (secondary N) is 3. The van der Waals surface area contributed by atoms with Gasteiger partial charge < -0.3 is 30.5 Å². The van der Waals surface area contributed by atoms with E-state index in [4.69, 9.17) is 4.74 Å². The molecule has 1 heterocycles. The predicted octanol–water partition coefficient (Wildman–Crippen LogP) is 4.78. The number of hydrogen-bond acceptors (Lipinski definition) is 6. The topological polar surface area (TPSA) is 120 Å². The van der Waals surface area contributed by atoms with E-state index in [1.54, 1.807) is 48.0 Å². The second-order valence-corrected chi connectivity index (χ2v) is 10.4. The number of anilines is 1. The van der Waals surface area contributed by atoms with Crippen molar-refractivity contribution in [2.75, 3.05) is 25.5 Å². The average Bonchev–Trinajstić information content (AvgIpc) is 3.41. The van der Waals surface area contributed by atoms with Gasteiger partial charge in [0.25, 0.3) is 0 Å². The van der Waals surface area contributed by atoms with Crippen LogP contribution in [0.4, 0.5) is 10.5 Å². The standard InChI is InChI=1S/C27H43N5O5.2C2H6/c1-17(2)24(28-18(3)4)26(35)29-19(5)25(34)30-22-12-10-21(11-13-22)16-37-27(36)32-14-8-9-23(32)15-31(7)20(6)33;2*1-2/h10-13,17-19,23-24,28H,8-9,14-16H2,1-7H3,(H,29,35)(H,30,34);2*1-2H3/t19-,23-,24?;;/m0../s1. The predicted molar refractivity (Wildman–Crippen MR) is 165 cm³/mol. The highest BCUT2D eigenvalue weighted by atomic mass is 16.6. The Bertz CT molecular complexity index is 935. The first kappa shape index (κ1) is 37.9. The lowest BCUT2D eigenvalue weighted by molar-refractivity contribution is -0.128. The average molecular weight is 578 g/mol. The Hall–Kier alpha value is -3.14. The molecule has 1 aliphatic heterocycles. The maximum absolute atomic E-state index is 12.6. The molecule has 1 fully saturated rings. The maximum Gasteiger partial charge on any atom is 0.410 e. The molecular formula is C31H55N5O5. The lowest BCUT2D eigenvalue weighted by Gasteiger charge is -2.27. The molecule has 1 aromatic carbocycles. The third kappa shape index (κ3) is 13.4. The molecule has 4 amide bonds. The van der Waals surface area contributed by atoms with Gasteiger partial charge in [-0.15, -0.1) is 0 Å². The van der Waals surface area contributed by atoms with Gasteiger partial charge in [0.05, 0.1) is 12.1 Å². The molecule has 3 N–H and O–H groups in total. The van der Waals surface area contributed by atoms with Crippen LogP contribution in [-0.4, -0.2) is 77.9 Å². The van der Waals surface area contributed by atoms with Crippen LogP contribution in [0, 0.1) is 5.92 Å². The molecular weight excluding hydrogens is 522 g/mol. The Balaban J connectivity index is 0.00000382. The molecule has 0 aliphatic carbocycles. The molecule has 10 nitrogen and oxygen atoms in total. The SMILES string of the molecule is CC.CC.CC(=O)N(C)C[C@@H]1CCCN1C(=O)OCc1ccc(NC(=O)[C@H](C)NC(=O)C(NC(C)C)C(C)C)cc1. The van der Waals surface area contributed by atoms with Crippen molar-refractivity contribution in [1.29, 1.82) is 0 Å². The third-order valence-electron chi connectivity index (χ3n) is 6.43. The van der Waals surface area contributed by atoms with Crippen molar-refractivity contribution in [3.05, 3.63) is 29.8 Å². The molecule has 0 aromatic heterocycles. The molecule has 1 saturated heterocycles. The van der Waals surface area contributed by atoms with Crippen LogP contribution in [0.3, 0.4) is 0 Å². The van der Waals surface area contributed by atoms with Crippen LogP contribution in [-0.2, 0) is 25.7 Å². The van der Waals surface area contributed by atoms with E-state index >= 15 is 0 Å². The van der Waals surface area contributed by atoms with Crippen molar-refractivity contribution in [2.45, 2.75) is 113 Å². The molecule has 234 valence electrons. The van der Waals surface area contributed by atoms with Crippen LogP contribution in [0.15, 0.2) is 24.3 Å². The fourth-order valence-corrected chi connectivity index (χ4v) is 4.17. The third-order valence-corrected chi connectivity index (χ3v) is 6.43. The fraction of sp³-hybridized carbons (Fsp3) is 0.677. The zero-order chi connectivity index (χ0) is 31.7. The van der Waals surface area contributed by atoms with Crippen molar-refractivity contribution >= 4 is 29.5 Å². The Morgan fingerprint density at radius 3 is 2.07 bits per heavy atom. The summed E-state index contributed by atoms with van der Waals surface area (Å²) in [5, 5.41) is 8.82. The van der Waals surface area contributed by atoms with Crippen LogP contribution in [0.2, 0.25) is 0 Å². The van der Waals surface area contributed by atoms with Gasteiger partial charge in [0.15, 0.2) is 0 Å². The fourth-order valence-electron chi connectivity index (χ4n) is 4.17. The molecule has 41 heavy (non-hydrogen) atoms. The monoisotopic (exact) mass is 577 g/mol. The molecule has 0 radical (unpaired) electrons. The normalized spacial score (nSPS) is 15.5. The number of amides is 4. The highest BCUT2D eigenvalue weighted by Crippen LogP contribution is 2.20. The largest absolute Gasteiger partial charge is 0.445 e. The highest BCUT2D eigenvalue weighted by molar-refractivity contribution is 5.97. The molecule has 10 heteroatoms. The molecule has 0 spiro atoms. The van der Waals surface area contributed by atoms with Gasteiger partial charge in [0.1, 0.15) is 12.6 Å². The van der Waals surface area contributed by atoms with E-state index < -0.39 is 12.1 Å². The maximum atomic E-state index is 12.6. The number of benzene rings is 1. The first-order chi connectivity index (χ1) is 19.4. The Morgan fingerprint density at radius 1 is 0.976 bits per heavy atom. The molecule has 3 atom stereocenters. The van der Waals surface area contributed by atoms with Crippen LogP contribution in [0.1, 0.15) is 87.6 Å². The smallest absolute Gasteiger partial charge is 0.410 e. The number of ether oxygens (including phenoxy) is 1. The second-order valence-electron chi connectivity index (χ2n) is 10.4. The summed E-state index contributed by atoms with van der Waals surface area (Å²) in [5.74, 6) is -0.489. The number of carbonyl (C=O) groups excluding carboxylic acids is 4. The highest BCUT2D eigenvalue weighted by Gasteiger charge is 2.31. The number of rotatable bonds is 11. The van der Waals surface area contributed by atoms with Crippen LogP contribution in [0.25, 0.3) is 0 Å². The Kier molecular flexibility index (Phi) is 18.3. The zero-order valence-electron chi connectivity index (χ0n) is 27.2. The summed E-state index contributed by atoms with van der Waals surface area (Å²) in [6, 6.07) is 6.02. The molecule has 1 aromatic rings. The van der Waals surface area contributed by atoms with Gasteiger partial charge in [-0.25, -0.2) is 4.79 Å². The minimum atomic E-state index is -0.709.